The monoisotopic (exact) mass is 510 g/mol. The second kappa shape index (κ2) is 16.2. The molecule has 0 aromatic carbocycles. The van der Waals surface area contributed by atoms with Crippen molar-refractivity contribution in [1.82, 2.24) is 20.4 Å². The Kier molecular flexibility index (Phi) is 15.9. The molecule has 166 valence electrons. The van der Waals surface area contributed by atoms with Gasteiger partial charge in [-0.05, 0) is 71.8 Å². The van der Waals surface area contributed by atoms with Crippen LogP contribution in [0.3, 0.4) is 0 Å². The predicted molar refractivity (Wildman–Crippen MR) is 129 cm³/mol. The summed E-state index contributed by atoms with van der Waals surface area (Å²) in [7, 11) is 1.82. The largest absolute Gasteiger partial charge is 0.369 e. The molecule has 0 aromatic rings. The molecule has 1 heterocycles. The molecular weight excluding hydrogens is 467 g/mol. The molecule has 7 nitrogen and oxygen atoms in total. The lowest BCUT2D eigenvalue weighted by Gasteiger charge is -2.31. The highest BCUT2D eigenvalue weighted by Gasteiger charge is 2.23. The second-order valence-electron chi connectivity index (χ2n) is 7.61. The van der Waals surface area contributed by atoms with Crippen LogP contribution in [0, 0.1) is 5.92 Å². The van der Waals surface area contributed by atoms with Gasteiger partial charge >= 0.3 is 0 Å². The summed E-state index contributed by atoms with van der Waals surface area (Å²) in [5.41, 5.74) is 5.45. The van der Waals surface area contributed by atoms with Gasteiger partial charge in [0, 0.05) is 26.2 Å². The molecule has 1 aliphatic heterocycles. The Bertz CT molecular complexity index is 444. The third-order valence-electron chi connectivity index (χ3n) is 5.46. The Morgan fingerprint density at radius 1 is 1.32 bits per heavy atom. The van der Waals surface area contributed by atoms with Crippen molar-refractivity contribution < 1.29 is 4.79 Å². The Morgan fingerprint density at radius 3 is 2.64 bits per heavy atom. The molecule has 0 bridgehead atoms. The Balaban J connectivity index is 0.00000729. The minimum atomic E-state index is -0.155. The lowest BCUT2D eigenvalue weighted by atomic mass is 9.97. The van der Waals surface area contributed by atoms with Gasteiger partial charge in [-0.25, -0.2) is 0 Å². The van der Waals surface area contributed by atoms with E-state index in [1.165, 1.54) is 6.42 Å². The summed E-state index contributed by atoms with van der Waals surface area (Å²) >= 11 is 0. The van der Waals surface area contributed by atoms with Crippen LogP contribution >= 0.6 is 24.0 Å². The fourth-order valence-corrected chi connectivity index (χ4v) is 3.66. The van der Waals surface area contributed by atoms with Crippen LogP contribution in [-0.2, 0) is 4.79 Å². The molecule has 4 N–H and O–H groups in total. The predicted octanol–water partition coefficient (Wildman–Crippen LogP) is 1.87. The molecule has 8 heteroatoms. The summed E-state index contributed by atoms with van der Waals surface area (Å²) in [6, 6.07) is 0.408. The summed E-state index contributed by atoms with van der Waals surface area (Å²) in [5, 5.41) is 6.89. The number of likely N-dealkylation sites (tertiary alicyclic amines) is 1. The zero-order chi connectivity index (χ0) is 20.1. The van der Waals surface area contributed by atoms with Crippen molar-refractivity contribution >= 4 is 35.8 Å². The lowest BCUT2D eigenvalue weighted by Crippen LogP contribution is -2.44. The minimum Gasteiger partial charge on any atom is -0.369 e. The van der Waals surface area contributed by atoms with Crippen molar-refractivity contribution in [2.75, 3.05) is 52.9 Å². The average Bonchev–Trinajstić information content (AvgIpc) is 2.67. The maximum atomic E-state index is 11.4. The van der Waals surface area contributed by atoms with E-state index in [1.54, 1.807) is 0 Å². The Hall–Kier alpha value is -0.610. The number of carbonyl (C=O) groups is 1. The number of primary amides is 1. The summed E-state index contributed by atoms with van der Waals surface area (Å²) in [6.45, 7) is 13.8. The zero-order valence-electron chi connectivity index (χ0n) is 18.4. The number of nitrogens with one attached hydrogen (secondary N) is 2. The van der Waals surface area contributed by atoms with E-state index >= 15 is 0 Å². The quantitative estimate of drug-likeness (QED) is 0.162. The molecule has 1 rings (SSSR count). The van der Waals surface area contributed by atoms with E-state index in [0.717, 1.165) is 77.5 Å². The number of aliphatic imine (C=N–C) groups is 1. The van der Waals surface area contributed by atoms with E-state index in [-0.39, 0.29) is 35.8 Å². The van der Waals surface area contributed by atoms with E-state index in [0.29, 0.717) is 6.04 Å². The molecule has 0 saturated carbocycles. The molecule has 2 atom stereocenters. The highest BCUT2D eigenvalue weighted by Crippen LogP contribution is 2.15. The third kappa shape index (κ3) is 11.4. The Morgan fingerprint density at radius 2 is 2.04 bits per heavy atom. The normalized spacial score (nSPS) is 19.2. The number of rotatable bonds is 12. The zero-order valence-corrected chi connectivity index (χ0v) is 20.7. The summed E-state index contributed by atoms with van der Waals surface area (Å²) in [4.78, 5) is 20.5. The average molecular weight is 511 g/mol. The molecule has 0 aromatic heterocycles. The highest BCUT2D eigenvalue weighted by atomic mass is 127. The Labute approximate surface area is 189 Å². The van der Waals surface area contributed by atoms with Gasteiger partial charge in [0.15, 0.2) is 5.96 Å². The maximum absolute atomic E-state index is 11.4. The number of guanidine groups is 1. The standard InChI is InChI=1S/C20H42N6O.HI/c1-5-25(6-2)13-7-10-17(3)24-20(22-4)23-12-9-15-26-14-8-11-18(16-26)19(21)27;/h17-18H,5-16H2,1-4H3,(H2,21,27)(H2,22,23,24);1H. The SMILES string of the molecule is CCN(CC)CCCC(C)NC(=NC)NCCCN1CCCC(C(N)=O)C1.I. The topological polar surface area (TPSA) is 86.0 Å². The van der Waals surface area contributed by atoms with Crippen LogP contribution in [0.2, 0.25) is 0 Å². The number of hydrogen-bond donors (Lipinski definition) is 3. The van der Waals surface area contributed by atoms with Gasteiger partial charge in [-0.2, -0.15) is 0 Å². The van der Waals surface area contributed by atoms with Crippen molar-refractivity contribution in [3.05, 3.63) is 0 Å². The van der Waals surface area contributed by atoms with E-state index in [4.69, 9.17) is 5.73 Å². The van der Waals surface area contributed by atoms with Gasteiger partial charge in [-0.1, -0.05) is 13.8 Å². The molecule has 0 aliphatic carbocycles. The van der Waals surface area contributed by atoms with Crippen LogP contribution in [0.4, 0.5) is 0 Å². The van der Waals surface area contributed by atoms with Crippen LogP contribution in [0.15, 0.2) is 4.99 Å². The van der Waals surface area contributed by atoms with Crippen molar-refractivity contribution in [3.8, 4) is 0 Å². The second-order valence-corrected chi connectivity index (χ2v) is 7.61. The fourth-order valence-electron chi connectivity index (χ4n) is 3.66. The first-order chi connectivity index (χ1) is 13.0. The van der Waals surface area contributed by atoms with Gasteiger partial charge in [-0.15, -0.1) is 24.0 Å². The smallest absolute Gasteiger partial charge is 0.221 e. The fraction of sp³-hybridized carbons (Fsp3) is 0.900. The summed E-state index contributed by atoms with van der Waals surface area (Å²) in [6.07, 6.45) is 5.37. The van der Waals surface area contributed by atoms with Gasteiger partial charge in [0.1, 0.15) is 0 Å². The number of carbonyl (C=O) groups excluding carboxylic acids is 1. The minimum absolute atomic E-state index is 0. The highest BCUT2D eigenvalue weighted by molar-refractivity contribution is 14.0. The molecule has 28 heavy (non-hydrogen) atoms. The first-order valence-corrected chi connectivity index (χ1v) is 10.7. The van der Waals surface area contributed by atoms with Crippen molar-refractivity contribution in [2.24, 2.45) is 16.6 Å². The third-order valence-corrected chi connectivity index (χ3v) is 5.46. The van der Waals surface area contributed by atoms with Crippen LogP contribution in [0.5, 0.6) is 0 Å². The number of nitrogens with zero attached hydrogens (tertiary/aromatic N) is 3. The maximum Gasteiger partial charge on any atom is 0.221 e. The lowest BCUT2D eigenvalue weighted by molar-refractivity contribution is -0.123. The van der Waals surface area contributed by atoms with Crippen molar-refractivity contribution in [1.29, 1.82) is 0 Å². The van der Waals surface area contributed by atoms with Crippen molar-refractivity contribution in [2.45, 2.75) is 58.9 Å². The van der Waals surface area contributed by atoms with E-state index < -0.39 is 0 Å². The van der Waals surface area contributed by atoms with Crippen LogP contribution in [-0.4, -0.2) is 80.6 Å². The first kappa shape index (κ1) is 27.4. The molecule has 0 radical (unpaired) electrons. The molecule has 1 aliphatic rings. The van der Waals surface area contributed by atoms with E-state index in [9.17, 15) is 4.79 Å². The number of hydrogen-bond acceptors (Lipinski definition) is 4. The molecule has 1 saturated heterocycles. The molecule has 0 spiro atoms. The molecule has 1 amide bonds. The van der Waals surface area contributed by atoms with E-state index in [1.807, 2.05) is 7.05 Å². The van der Waals surface area contributed by atoms with Gasteiger partial charge in [0.05, 0.1) is 5.92 Å². The molecule has 2 unspecified atom stereocenters. The number of amides is 1. The van der Waals surface area contributed by atoms with Gasteiger partial charge < -0.3 is 26.2 Å². The number of nitrogens with two attached hydrogens (primary N) is 1. The van der Waals surface area contributed by atoms with Crippen LogP contribution in [0.1, 0.15) is 52.9 Å². The summed E-state index contributed by atoms with van der Waals surface area (Å²) in [5.74, 6) is 0.745. The number of halogens is 1. The van der Waals surface area contributed by atoms with E-state index in [2.05, 4.69) is 46.2 Å². The van der Waals surface area contributed by atoms with Crippen LogP contribution < -0.4 is 16.4 Å². The van der Waals surface area contributed by atoms with Crippen LogP contribution in [0.25, 0.3) is 0 Å². The number of piperidine rings is 1. The molecule has 1 fully saturated rings. The summed E-state index contributed by atoms with van der Waals surface area (Å²) < 4.78 is 0. The van der Waals surface area contributed by atoms with Gasteiger partial charge in [0.25, 0.3) is 0 Å². The van der Waals surface area contributed by atoms with Crippen molar-refractivity contribution in [3.63, 3.8) is 0 Å². The first-order valence-electron chi connectivity index (χ1n) is 10.7. The molecular formula is C20H43IN6O. The van der Waals surface area contributed by atoms with Gasteiger partial charge in [-0.3, -0.25) is 9.79 Å². The van der Waals surface area contributed by atoms with Gasteiger partial charge in [0.2, 0.25) is 5.91 Å².